The first-order chi connectivity index (χ1) is 17.9. The molecule has 0 aliphatic carbocycles. The number of anilines is 1. The van der Waals surface area contributed by atoms with Crippen LogP contribution in [0.2, 0.25) is 10.2 Å². The highest BCUT2D eigenvalue weighted by Crippen LogP contribution is 2.36. The molecule has 11 nitrogen and oxygen atoms in total. The highest BCUT2D eigenvalue weighted by molar-refractivity contribution is 6.41. The van der Waals surface area contributed by atoms with Crippen LogP contribution in [-0.2, 0) is 11.2 Å². The maximum absolute atomic E-state index is 13.7. The Morgan fingerprint density at radius 1 is 1.11 bits per heavy atom. The predicted molar refractivity (Wildman–Crippen MR) is 141 cm³/mol. The van der Waals surface area contributed by atoms with Gasteiger partial charge in [0.25, 0.3) is 5.91 Å². The number of benzene rings is 1. The van der Waals surface area contributed by atoms with Crippen LogP contribution < -0.4 is 5.32 Å². The molecule has 2 aromatic heterocycles. The second-order valence-electron chi connectivity index (χ2n) is 10.4. The highest BCUT2D eigenvalue weighted by atomic mass is 35.5. The third-order valence-corrected chi connectivity index (χ3v) is 7.43. The van der Waals surface area contributed by atoms with Crippen LogP contribution in [0.1, 0.15) is 36.8 Å². The quantitative estimate of drug-likeness (QED) is 0.324. The molecule has 0 saturated heterocycles. The third kappa shape index (κ3) is 4.79. The summed E-state index contributed by atoms with van der Waals surface area (Å²) < 4.78 is 0. The Bertz CT molecular complexity index is 1510. The van der Waals surface area contributed by atoms with Crippen molar-refractivity contribution in [3.8, 4) is 0 Å². The molecule has 1 atom stereocenters. The Kier molecular flexibility index (Phi) is 6.52. The number of carbonyl (C=O) groups is 3. The molecule has 1 unspecified atom stereocenters. The van der Waals surface area contributed by atoms with E-state index in [0.29, 0.717) is 28.0 Å². The smallest absolute Gasteiger partial charge is 0.407 e. The largest absolute Gasteiger partial charge is 0.465 e. The van der Waals surface area contributed by atoms with E-state index in [1.807, 2.05) is 0 Å². The van der Waals surface area contributed by atoms with Gasteiger partial charge in [-0.1, -0.05) is 44.0 Å². The number of aromatic amines is 1. The summed E-state index contributed by atoms with van der Waals surface area (Å²) in [4.78, 5) is 45.7. The molecule has 0 saturated carbocycles. The molecule has 3 amide bonds. The number of halogens is 2. The number of H-pyrrole nitrogens is 1. The topological polar surface area (TPSA) is 144 Å². The number of pyridine rings is 1. The Hall–Kier alpha value is -3.70. The molecule has 13 heteroatoms. The summed E-state index contributed by atoms with van der Waals surface area (Å²) in [6, 6.07) is 6.10. The molecule has 4 heterocycles. The third-order valence-electron chi connectivity index (χ3n) is 6.76. The molecule has 5 rings (SSSR count). The maximum atomic E-state index is 13.7. The van der Waals surface area contributed by atoms with Gasteiger partial charge in [0.2, 0.25) is 5.91 Å². The van der Waals surface area contributed by atoms with Crippen molar-refractivity contribution in [1.82, 2.24) is 30.2 Å². The van der Waals surface area contributed by atoms with Gasteiger partial charge in [-0.25, -0.2) is 9.78 Å². The normalized spacial score (nSPS) is 17.3. The Balaban J connectivity index is 1.51. The van der Waals surface area contributed by atoms with Gasteiger partial charge in [0, 0.05) is 37.0 Å². The molecular weight excluding hydrogens is 533 g/mol. The molecule has 1 aromatic carbocycles. The summed E-state index contributed by atoms with van der Waals surface area (Å²) in [5, 5.41) is 23.3. The van der Waals surface area contributed by atoms with E-state index in [9.17, 15) is 19.5 Å². The fourth-order valence-corrected chi connectivity index (χ4v) is 4.99. The Morgan fingerprint density at radius 2 is 1.84 bits per heavy atom. The van der Waals surface area contributed by atoms with Crippen LogP contribution in [0.4, 0.5) is 10.5 Å². The summed E-state index contributed by atoms with van der Waals surface area (Å²) >= 11 is 12.5. The van der Waals surface area contributed by atoms with E-state index >= 15 is 0 Å². The summed E-state index contributed by atoms with van der Waals surface area (Å²) in [5.74, 6) is -0.478. The number of carbonyl (C=O) groups excluding carboxylic acids is 2. The lowest BCUT2D eigenvalue weighted by atomic mass is 9.95. The minimum Gasteiger partial charge on any atom is -0.465 e. The number of aromatic nitrogens is 4. The van der Waals surface area contributed by atoms with Gasteiger partial charge < -0.3 is 20.2 Å². The van der Waals surface area contributed by atoms with Crippen LogP contribution in [0.5, 0.6) is 0 Å². The fraction of sp³-hybridized carbons (Fsp3) is 0.360. The molecule has 2 aliphatic heterocycles. The van der Waals surface area contributed by atoms with E-state index < -0.39 is 17.6 Å². The van der Waals surface area contributed by atoms with Gasteiger partial charge >= 0.3 is 6.09 Å². The lowest BCUT2D eigenvalue weighted by Gasteiger charge is -2.30. The zero-order valence-corrected chi connectivity index (χ0v) is 22.4. The van der Waals surface area contributed by atoms with E-state index in [1.165, 1.54) is 4.90 Å². The van der Waals surface area contributed by atoms with Gasteiger partial charge in [0.15, 0.2) is 0 Å². The summed E-state index contributed by atoms with van der Waals surface area (Å²) in [5.41, 5.74) is 3.47. The standard InChI is InChI=1S/C25H25Cl2N7O4/c1-25(2,3)23(36)29-17-7-15(26)21(27)28-18(17)8-20-14-11-33(24(37)38)9-13(14)10-34(20)22(35)12-4-5-16-19(6-12)31-32-30-16/h4-7,20H,8-11H2,1-3H3,(H,29,36)(H,37,38)(H,30,31,32). The SMILES string of the molecule is CC(C)(C)C(=O)Nc1cc(Cl)c(Cl)nc1CC1C2=C(CN(C(=O)O)C2)CN1C(=O)c1ccc2n[nH]nc2c1. The van der Waals surface area contributed by atoms with Crippen LogP contribution >= 0.6 is 23.2 Å². The van der Waals surface area contributed by atoms with Crippen LogP contribution in [0.15, 0.2) is 35.4 Å². The molecule has 3 N–H and O–H groups in total. The molecule has 2 aliphatic rings. The minimum absolute atomic E-state index is 0.0653. The van der Waals surface area contributed by atoms with Crippen LogP contribution in [-0.4, -0.2) is 78.9 Å². The van der Waals surface area contributed by atoms with Crippen LogP contribution in [0, 0.1) is 5.41 Å². The van der Waals surface area contributed by atoms with Gasteiger partial charge in [-0.3, -0.25) is 9.59 Å². The number of hydrogen-bond acceptors (Lipinski definition) is 6. The first-order valence-electron chi connectivity index (χ1n) is 11.9. The zero-order valence-electron chi connectivity index (χ0n) is 20.9. The van der Waals surface area contributed by atoms with Crippen molar-refractivity contribution >= 4 is 57.8 Å². The summed E-state index contributed by atoms with van der Waals surface area (Å²) in [6.45, 7) is 6.01. The van der Waals surface area contributed by atoms with Crippen molar-refractivity contribution in [3.05, 3.63) is 56.8 Å². The van der Waals surface area contributed by atoms with E-state index in [-0.39, 0.29) is 48.0 Å². The fourth-order valence-electron chi connectivity index (χ4n) is 4.68. The van der Waals surface area contributed by atoms with Gasteiger partial charge in [0.1, 0.15) is 16.2 Å². The van der Waals surface area contributed by atoms with Crippen molar-refractivity contribution in [1.29, 1.82) is 0 Å². The predicted octanol–water partition coefficient (Wildman–Crippen LogP) is 4.00. The minimum atomic E-state index is -1.03. The second-order valence-corrected chi connectivity index (χ2v) is 11.2. The zero-order chi connectivity index (χ0) is 27.4. The molecule has 38 heavy (non-hydrogen) atoms. The summed E-state index contributed by atoms with van der Waals surface area (Å²) in [7, 11) is 0. The lowest BCUT2D eigenvalue weighted by molar-refractivity contribution is -0.123. The van der Waals surface area contributed by atoms with E-state index in [1.54, 1.807) is 49.9 Å². The van der Waals surface area contributed by atoms with Gasteiger partial charge in [-0.15, -0.1) is 0 Å². The Morgan fingerprint density at radius 3 is 2.55 bits per heavy atom. The van der Waals surface area contributed by atoms with Crippen molar-refractivity contribution in [2.45, 2.75) is 33.2 Å². The van der Waals surface area contributed by atoms with Crippen molar-refractivity contribution in [3.63, 3.8) is 0 Å². The summed E-state index contributed by atoms with van der Waals surface area (Å²) in [6.07, 6.45) is -0.834. The highest BCUT2D eigenvalue weighted by Gasteiger charge is 2.42. The van der Waals surface area contributed by atoms with Gasteiger partial charge in [-0.2, -0.15) is 15.4 Å². The monoisotopic (exact) mass is 557 g/mol. The number of rotatable bonds is 4. The molecular formula is C25H25Cl2N7O4. The Labute approximate surface area is 227 Å². The number of amides is 3. The van der Waals surface area contributed by atoms with Crippen LogP contribution in [0.25, 0.3) is 11.0 Å². The van der Waals surface area contributed by atoms with Crippen molar-refractivity contribution in [2.24, 2.45) is 5.41 Å². The van der Waals surface area contributed by atoms with Crippen LogP contribution in [0.3, 0.4) is 0 Å². The molecule has 198 valence electrons. The van der Waals surface area contributed by atoms with Crippen molar-refractivity contribution < 1.29 is 19.5 Å². The molecule has 0 spiro atoms. The number of nitrogens with zero attached hydrogens (tertiary/aromatic N) is 5. The number of nitrogens with one attached hydrogen (secondary N) is 2. The number of hydrogen-bond donors (Lipinski definition) is 3. The average molecular weight is 558 g/mol. The van der Waals surface area contributed by atoms with E-state index in [2.05, 4.69) is 25.7 Å². The average Bonchev–Trinajstić information content (AvgIpc) is 3.56. The van der Waals surface area contributed by atoms with E-state index in [0.717, 1.165) is 11.1 Å². The maximum Gasteiger partial charge on any atom is 0.407 e. The number of carboxylic acid groups (broad SMARTS) is 1. The first kappa shape index (κ1) is 25.9. The molecule has 0 radical (unpaired) electrons. The van der Waals surface area contributed by atoms with Crippen molar-refractivity contribution in [2.75, 3.05) is 25.0 Å². The van der Waals surface area contributed by atoms with E-state index in [4.69, 9.17) is 23.2 Å². The van der Waals surface area contributed by atoms with Gasteiger partial charge in [-0.05, 0) is 35.4 Å². The number of fused-ring (bicyclic) bond motifs is 1. The molecule has 3 aromatic rings. The van der Waals surface area contributed by atoms with Gasteiger partial charge in [0.05, 0.1) is 22.4 Å². The first-order valence-corrected chi connectivity index (χ1v) is 12.6. The lowest BCUT2D eigenvalue weighted by Crippen LogP contribution is -2.43. The molecule has 0 fully saturated rings. The molecule has 0 bridgehead atoms. The second kappa shape index (κ2) is 9.55.